The molecule has 0 radical (unpaired) electrons. The summed E-state index contributed by atoms with van der Waals surface area (Å²) in [6.07, 6.45) is 3.21. The van der Waals surface area contributed by atoms with Gasteiger partial charge in [-0.1, -0.05) is 15.9 Å². The lowest BCUT2D eigenvalue weighted by atomic mass is 10.2. The van der Waals surface area contributed by atoms with Crippen LogP contribution in [0.4, 0.5) is 0 Å². The standard InChI is InChI=1S/C15H15BrN2O2/c1-18(15(19)12-3-2-8-17-11-12)9-10-20-14-6-4-13(16)5-7-14/h2-8,11H,9-10H2,1H3. The van der Waals surface area contributed by atoms with Crippen molar-refractivity contribution in [1.29, 1.82) is 0 Å². The zero-order chi connectivity index (χ0) is 14.4. The normalized spacial score (nSPS) is 10.1. The topological polar surface area (TPSA) is 42.4 Å². The minimum absolute atomic E-state index is 0.0579. The molecule has 0 fully saturated rings. The van der Waals surface area contributed by atoms with E-state index < -0.39 is 0 Å². The lowest BCUT2D eigenvalue weighted by Gasteiger charge is -2.17. The molecule has 0 spiro atoms. The van der Waals surface area contributed by atoms with Crippen LogP contribution >= 0.6 is 15.9 Å². The first-order valence-electron chi connectivity index (χ1n) is 6.20. The van der Waals surface area contributed by atoms with E-state index in [0.29, 0.717) is 18.7 Å². The van der Waals surface area contributed by atoms with Gasteiger partial charge < -0.3 is 9.64 Å². The molecule has 104 valence electrons. The zero-order valence-electron chi connectivity index (χ0n) is 11.1. The van der Waals surface area contributed by atoms with Crippen LogP contribution in [0.15, 0.2) is 53.3 Å². The largest absolute Gasteiger partial charge is 0.492 e. The maximum Gasteiger partial charge on any atom is 0.255 e. The Morgan fingerprint density at radius 2 is 2.05 bits per heavy atom. The van der Waals surface area contributed by atoms with Gasteiger partial charge in [0.1, 0.15) is 12.4 Å². The second kappa shape index (κ2) is 7.05. The van der Waals surface area contributed by atoms with Gasteiger partial charge in [-0.05, 0) is 36.4 Å². The molecule has 0 aliphatic rings. The van der Waals surface area contributed by atoms with E-state index in [0.717, 1.165) is 10.2 Å². The van der Waals surface area contributed by atoms with Crippen molar-refractivity contribution in [3.63, 3.8) is 0 Å². The molecule has 1 amide bonds. The van der Waals surface area contributed by atoms with Crippen LogP contribution in [-0.4, -0.2) is 36.0 Å². The summed E-state index contributed by atoms with van der Waals surface area (Å²) in [5.41, 5.74) is 0.582. The summed E-state index contributed by atoms with van der Waals surface area (Å²) in [5, 5.41) is 0. The number of nitrogens with zero attached hydrogens (tertiary/aromatic N) is 2. The molecular formula is C15H15BrN2O2. The molecule has 0 aliphatic heterocycles. The number of halogens is 1. The minimum atomic E-state index is -0.0579. The fourth-order valence-corrected chi connectivity index (χ4v) is 1.91. The molecule has 0 saturated carbocycles. The number of carbonyl (C=O) groups is 1. The highest BCUT2D eigenvalue weighted by Gasteiger charge is 2.11. The first-order valence-corrected chi connectivity index (χ1v) is 7.00. The van der Waals surface area contributed by atoms with Crippen molar-refractivity contribution < 1.29 is 9.53 Å². The molecule has 0 N–H and O–H groups in total. The van der Waals surface area contributed by atoms with Crippen LogP contribution in [0.5, 0.6) is 5.75 Å². The summed E-state index contributed by atoms with van der Waals surface area (Å²) in [6, 6.07) is 11.1. The van der Waals surface area contributed by atoms with Crippen molar-refractivity contribution in [3.05, 3.63) is 58.8 Å². The van der Waals surface area contributed by atoms with Crippen LogP contribution in [0.2, 0.25) is 0 Å². The Balaban J connectivity index is 1.82. The van der Waals surface area contributed by atoms with Gasteiger partial charge in [0.2, 0.25) is 0 Å². The first-order chi connectivity index (χ1) is 9.66. The Labute approximate surface area is 126 Å². The molecule has 1 aromatic heterocycles. The van der Waals surface area contributed by atoms with Gasteiger partial charge in [-0.25, -0.2) is 0 Å². The third-order valence-electron chi connectivity index (χ3n) is 2.76. The molecule has 1 aromatic carbocycles. The molecule has 20 heavy (non-hydrogen) atoms. The Morgan fingerprint density at radius 1 is 1.30 bits per heavy atom. The van der Waals surface area contributed by atoms with Crippen molar-refractivity contribution in [2.24, 2.45) is 0 Å². The Hall–Kier alpha value is -1.88. The highest BCUT2D eigenvalue weighted by molar-refractivity contribution is 9.10. The number of hydrogen-bond acceptors (Lipinski definition) is 3. The van der Waals surface area contributed by atoms with Crippen molar-refractivity contribution in [3.8, 4) is 5.75 Å². The third-order valence-corrected chi connectivity index (χ3v) is 3.29. The van der Waals surface area contributed by atoms with Crippen LogP contribution < -0.4 is 4.74 Å². The molecule has 2 rings (SSSR count). The number of carbonyl (C=O) groups excluding carboxylic acids is 1. The van der Waals surface area contributed by atoms with E-state index in [9.17, 15) is 4.79 Å². The molecule has 0 atom stereocenters. The highest BCUT2D eigenvalue weighted by atomic mass is 79.9. The van der Waals surface area contributed by atoms with E-state index in [1.165, 1.54) is 0 Å². The van der Waals surface area contributed by atoms with Crippen molar-refractivity contribution in [2.45, 2.75) is 0 Å². The van der Waals surface area contributed by atoms with E-state index in [-0.39, 0.29) is 5.91 Å². The van der Waals surface area contributed by atoms with E-state index in [4.69, 9.17) is 4.74 Å². The van der Waals surface area contributed by atoms with Crippen LogP contribution in [0.3, 0.4) is 0 Å². The third kappa shape index (κ3) is 4.06. The Morgan fingerprint density at radius 3 is 2.70 bits per heavy atom. The summed E-state index contributed by atoms with van der Waals surface area (Å²) in [4.78, 5) is 17.6. The molecule has 4 nitrogen and oxygen atoms in total. The predicted molar refractivity (Wildman–Crippen MR) is 80.8 cm³/mol. The van der Waals surface area contributed by atoms with E-state index in [1.54, 1.807) is 36.5 Å². The number of aromatic nitrogens is 1. The maximum absolute atomic E-state index is 12.1. The van der Waals surface area contributed by atoms with Gasteiger partial charge in [0.05, 0.1) is 12.1 Å². The second-order valence-corrected chi connectivity index (χ2v) is 5.19. The number of amides is 1. The summed E-state index contributed by atoms with van der Waals surface area (Å²) in [6.45, 7) is 0.966. The van der Waals surface area contributed by atoms with Crippen LogP contribution in [0, 0.1) is 0 Å². The van der Waals surface area contributed by atoms with E-state index in [2.05, 4.69) is 20.9 Å². The van der Waals surface area contributed by atoms with Gasteiger partial charge in [-0.3, -0.25) is 9.78 Å². The fourth-order valence-electron chi connectivity index (χ4n) is 1.64. The maximum atomic E-state index is 12.1. The van der Waals surface area contributed by atoms with Crippen LogP contribution in [0.25, 0.3) is 0 Å². The van der Waals surface area contributed by atoms with Crippen molar-refractivity contribution in [2.75, 3.05) is 20.2 Å². The van der Waals surface area contributed by atoms with Crippen LogP contribution in [-0.2, 0) is 0 Å². The minimum Gasteiger partial charge on any atom is -0.492 e. The van der Waals surface area contributed by atoms with Gasteiger partial charge in [-0.15, -0.1) is 0 Å². The number of rotatable bonds is 5. The summed E-state index contributed by atoms with van der Waals surface area (Å²) >= 11 is 3.37. The van der Waals surface area contributed by atoms with E-state index in [1.807, 2.05) is 24.3 Å². The molecular weight excluding hydrogens is 320 g/mol. The van der Waals surface area contributed by atoms with Gasteiger partial charge in [0.15, 0.2) is 0 Å². The lowest BCUT2D eigenvalue weighted by molar-refractivity contribution is 0.0773. The number of likely N-dealkylation sites (N-methyl/N-ethyl adjacent to an activating group) is 1. The Bertz CT molecular complexity index is 558. The lowest BCUT2D eigenvalue weighted by Crippen LogP contribution is -2.30. The van der Waals surface area contributed by atoms with Crippen molar-refractivity contribution >= 4 is 21.8 Å². The highest BCUT2D eigenvalue weighted by Crippen LogP contribution is 2.15. The average Bonchev–Trinajstić information content (AvgIpc) is 2.49. The fraction of sp³-hybridized carbons (Fsp3) is 0.200. The molecule has 0 bridgehead atoms. The second-order valence-electron chi connectivity index (χ2n) is 4.27. The number of hydrogen-bond donors (Lipinski definition) is 0. The quantitative estimate of drug-likeness (QED) is 0.844. The number of benzene rings is 1. The smallest absolute Gasteiger partial charge is 0.255 e. The van der Waals surface area contributed by atoms with Gasteiger partial charge in [0, 0.05) is 23.9 Å². The van der Waals surface area contributed by atoms with Crippen molar-refractivity contribution in [1.82, 2.24) is 9.88 Å². The summed E-state index contributed by atoms with van der Waals surface area (Å²) < 4.78 is 6.60. The molecule has 0 aliphatic carbocycles. The first kappa shape index (κ1) is 14.5. The van der Waals surface area contributed by atoms with Gasteiger partial charge in [-0.2, -0.15) is 0 Å². The van der Waals surface area contributed by atoms with Gasteiger partial charge in [0.25, 0.3) is 5.91 Å². The summed E-state index contributed by atoms with van der Waals surface area (Å²) in [5.74, 6) is 0.730. The molecule has 2 aromatic rings. The SMILES string of the molecule is CN(CCOc1ccc(Br)cc1)C(=O)c1cccnc1. The number of pyridine rings is 1. The Kier molecular flexibility index (Phi) is 5.12. The molecule has 1 heterocycles. The molecule has 5 heteroatoms. The van der Waals surface area contributed by atoms with Gasteiger partial charge >= 0.3 is 0 Å². The average molecular weight is 335 g/mol. The monoisotopic (exact) mass is 334 g/mol. The number of ether oxygens (including phenoxy) is 1. The van der Waals surface area contributed by atoms with E-state index >= 15 is 0 Å². The predicted octanol–water partition coefficient (Wildman–Crippen LogP) is 3.00. The molecule has 0 saturated heterocycles. The zero-order valence-corrected chi connectivity index (χ0v) is 12.7. The van der Waals surface area contributed by atoms with Crippen LogP contribution in [0.1, 0.15) is 10.4 Å². The summed E-state index contributed by atoms with van der Waals surface area (Å²) in [7, 11) is 1.75. The molecule has 0 unspecified atom stereocenters.